The van der Waals surface area contributed by atoms with Crippen LogP contribution < -0.4 is 4.74 Å². The first-order valence-electron chi connectivity index (χ1n) is 6.64. The van der Waals surface area contributed by atoms with Crippen molar-refractivity contribution in [2.75, 3.05) is 33.9 Å². The molecule has 1 aliphatic heterocycles. The predicted molar refractivity (Wildman–Crippen MR) is 76.7 cm³/mol. The van der Waals surface area contributed by atoms with E-state index in [2.05, 4.69) is 42.3 Å². The lowest BCUT2D eigenvalue weighted by atomic mass is 10.0. The minimum atomic E-state index is 0.185. The van der Waals surface area contributed by atoms with E-state index in [1.54, 1.807) is 7.11 Å². The van der Waals surface area contributed by atoms with Gasteiger partial charge in [-0.3, -0.25) is 0 Å². The van der Waals surface area contributed by atoms with Crippen molar-refractivity contribution in [3.8, 4) is 5.75 Å². The standard InChI is InChI=1S/C16H19NO2/c1-17-7-8-19-16(11-17)14-4-3-13-10-15(18-2)6-5-12(13)9-14/h3-6,9-10,16H,7-8,11H2,1-2H3. The van der Waals surface area contributed by atoms with Gasteiger partial charge in [-0.1, -0.05) is 18.2 Å². The summed E-state index contributed by atoms with van der Waals surface area (Å²) in [5.74, 6) is 0.897. The zero-order chi connectivity index (χ0) is 13.2. The van der Waals surface area contributed by atoms with Crippen LogP contribution in [0.4, 0.5) is 0 Å². The summed E-state index contributed by atoms with van der Waals surface area (Å²) in [6, 6.07) is 12.7. The Balaban J connectivity index is 1.93. The van der Waals surface area contributed by atoms with Crippen molar-refractivity contribution < 1.29 is 9.47 Å². The van der Waals surface area contributed by atoms with Crippen LogP contribution in [-0.2, 0) is 4.74 Å². The molecule has 0 saturated carbocycles. The Morgan fingerprint density at radius 1 is 1.16 bits per heavy atom. The third-order valence-corrected chi connectivity index (χ3v) is 3.71. The highest BCUT2D eigenvalue weighted by Crippen LogP contribution is 2.27. The Morgan fingerprint density at radius 3 is 2.74 bits per heavy atom. The Labute approximate surface area is 113 Å². The lowest BCUT2D eigenvalue weighted by molar-refractivity contribution is -0.0208. The van der Waals surface area contributed by atoms with Gasteiger partial charge in [-0.15, -0.1) is 0 Å². The molecule has 19 heavy (non-hydrogen) atoms. The van der Waals surface area contributed by atoms with Crippen molar-refractivity contribution in [3.63, 3.8) is 0 Å². The molecular weight excluding hydrogens is 238 g/mol. The van der Waals surface area contributed by atoms with Crippen LogP contribution in [0.15, 0.2) is 36.4 Å². The molecule has 0 radical (unpaired) electrons. The first kappa shape index (κ1) is 12.5. The molecule has 1 aliphatic rings. The molecule has 0 aliphatic carbocycles. The number of methoxy groups -OCH3 is 1. The van der Waals surface area contributed by atoms with Crippen LogP contribution in [0.2, 0.25) is 0 Å². The Bertz CT molecular complexity index is 582. The van der Waals surface area contributed by atoms with Gasteiger partial charge < -0.3 is 14.4 Å². The molecule has 3 nitrogen and oxygen atoms in total. The van der Waals surface area contributed by atoms with Crippen LogP contribution in [0.3, 0.4) is 0 Å². The third-order valence-electron chi connectivity index (χ3n) is 3.71. The predicted octanol–water partition coefficient (Wildman–Crippen LogP) is 2.85. The van der Waals surface area contributed by atoms with Gasteiger partial charge in [-0.25, -0.2) is 0 Å². The van der Waals surface area contributed by atoms with Crippen molar-refractivity contribution in [1.29, 1.82) is 0 Å². The van der Waals surface area contributed by atoms with Crippen LogP contribution in [0.1, 0.15) is 11.7 Å². The van der Waals surface area contributed by atoms with Gasteiger partial charge in [-0.2, -0.15) is 0 Å². The van der Waals surface area contributed by atoms with Crippen molar-refractivity contribution in [3.05, 3.63) is 42.0 Å². The van der Waals surface area contributed by atoms with Crippen molar-refractivity contribution >= 4 is 10.8 Å². The quantitative estimate of drug-likeness (QED) is 0.825. The maximum Gasteiger partial charge on any atom is 0.119 e. The number of rotatable bonds is 2. The fourth-order valence-electron chi connectivity index (χ4n) is 2.55. The summed E-state index contributed by atoms with van der Waals surface area (Å²) in [7, 11) is 3.84. The molecule has 0 aromatic heterocycles. The topological polar surface area (TPSA) is 21.7 Å². The molecule has 1 fully saturated rings. The zero-order valence-electron chi connectivity index (χ0n) is 11.4. The van der Waals surface area contributed by atoms with Gasteiger partial charge in [0.2, 0.25) is 0 Å². The smallest absolute Gasteiger partial charge is 0.119 e. The second-order valence-corrected chi connectivity index (χ2v) is 5.09. The highest BCUT2D eigenvalue weighted by atomic mass is 16.5. The van der Waals surface area contributed by atoms with Crippen molar-refractivity contribution in [2.45, 2.75) is 6.10 Å². The maximum atomic E-state index is 5.86. The van der Waals surface area contributed by atoms with Gasteiger partial charge in [0.05, 0.1) is 19.8 Å². The summed E-state index contributed by atoms with van der Waals surface area (Å²) < 4.78 is 11.1. The van der Waals surface area contributed by atoms with Gasteiger partial charge in [0.15, 0.2) is 0 Å². The number of nitrogens with zero attached hydrogens (tertiary/aromatic N) is 1. The molecule has 1 unspecified atom stereocenters. The Kier molecular flexibility index (Phi) is 3.40. The first-order chi connectivity index (χ1) is 9.26. The molecule has 0 amide bonds. The maximum absolute atomic E-state index is 5.86. The molecule has 0 N–H and O–H groups in total. The van der Waals surface area contributed by atoms with Gasteiger partial charge in [0.1, 0.15) is 5.75 Å². The second kappa shape index (κ2) is 5.19. The normalized spacial score (nSPS) is 20.6. The molecule has 0 bridgehead atoms. The van der Waals surface area contributed by atoms with Crippen LogP contribution in [0.5, 0.6) is 5.75 Å². The lowest BCUT2D eigenvalue weighted by Gasteiger charge is -2.30. The molecule has 1 saturated heterocycles. The minimum Gasteiger partial charge on any atom is -0.497 e. The number of hydrogen-bond acceptors (Lipinski definition) is 3. The zero-order valence-corrected chi connectivity index (χ0v) is 11.4. The number of fused-ring (bicyclic) bond motifs is 1. The summed E-state index contributed by atoms with van der Waals surface area (Å²) >= 11 is 0. The van der Waals surface area contributed by atoms with E-state index in [1.165, 1.54) is 16.3 Å². The summed E-state index contributed by atoms with van der Waals surface area (Å²) in [6.45, 7) is 2.78. The summed E-state index contributed by atoms with van der Waals surface area (Å²) in [4.78, 5) is 2.31. The largest absolute Gasteiger partial charge is 0.497 e. The molecular formula is C16H19NO2. The van der Waals surface area contributed by atoms with E-state index in [0.717, 1.165) is 25.4 Å². The summed E-state index contributed by atoms with van der Waals surface area (Å²) in [6.07, 6.45) is 0.185. The van der Waals surface area contributed by atoms with Crippen LogP contribution in [0.25, 0.3) is 10.8 Å². The molecule has 2 aromatic rings. The fourth-order valence-corrected chi connectivity index (χ4v) is 2.55. The van der Waals surface area contributed by atoms with Gasteiger partial charge in [0, 0.05) is 13.1 Å². The number of hydrogen-bond donors (Lipinski definition) is 0. The molecule has 3 rings (SSSR count). The molecule has 3 heteroatoms. The Morgan fingerprint density at radius 2 is 1.95 bits per heavy atom. The van der Waals surface area contributed by atoms with E-state index in [9.17, 15) is 0 Å². The Hall–Kier alpha value is -1.58. The fraction of sp³-hybridized carbons (Fsp3) is 0.375. The van der Waals surface area contributed by atoms with Gasteiger partial charge in [0.25, 0.3) is 0 Å². The van der Waals surface area contributed by atoms with Crippen LogP contribution >= 0.6 is 0 Å². The average molecular weight is 257 g/mol. The van der Waals surface area contributed by atoms with E-state index in [4.69, 9.17) is 9.47 Å². The molecule has 0 spiro atoms. The van der Waals surface area contributed by atoms with Gasteiger partial charge >= 0.3 is 0 Å². The number of benzene rings is 2. The van der Waals surface area contributed by atoms with E-state index in [0.29, 0.717) is 0 Å². The van der Waals surface area contributed by atoms with Crippen molar-refractivity contribution in [2.24, 2.45) is 0 Å². The molecule has 100 valence electrons. The monoisotopic (exact) mass is 257 g/mol. The summed E-state index contributed by atoms with van der Waals surface area (Å²) in [5, 5.41) is 2.43. The number of ether oxygens (including phenoxy) is 2. The van der Waals surface area contributed by atoms with E-state index >= 15 is 0 Å². The SMILES string of the molecule is COc1ccc2cc(C3CN(C)CCO3)ccc2c1. The third kappa shape index (κ3) is 2.57. The molecule has 2 aromatic carbocycles. The first-order valence-corrected chi connectivity index (χ1v) is 6.64. The van der Waals surface area contributed by atoms with E-state index in [1.807, 2.05) is 6.07 Å². The van der Waals surface area contributed by atoms with Crippen LogP contribution in [0, 0.1) is 0 Å². The number of morpholine rings is 1. The molecule has 1 heterocycles. The van der Waals surface area contributed by atoms with E-state index < -0.39 is 0 Å². The van der Waals surface area contributed by atoms with Gasteiger partial charge in [-0.05, 0) is 41.6 Å². The highest BCUT2D eigenvalue weighted by Gasteiger charge is 2.19. The minimum absolute atomic E-state index is 0.185. The average Bonchev–Trinajstić information content (AvgIpc) is 2.46. The van der Waals surface area contributed by atoms with Crippen LogP contribution in [-0.4, -0.2) is 38.8 Å². The molecule has 1 atom stereocenters. The highest BCUT2D eigenvalue weighted by molar-refractivity contribution is 5.84. The summed E-state index contributed by atoms with van der Waals surface area (Å²) in [5.41, 5.74) is 1.25. The van der Waals surface area contributed by atoms with E-state index in [-0.39, 0.29) is 6.10 Å². The lowest BCUT2D eigenvalue weighted by Crippen LogP contribution is -2.35. The number of likely N-dealkylation sites (N-methyl/N-ethyl adjacent to an activating group) is 1. The second-order valence-electron chi connectivity index (χ2n) is 5.09. The van der Waals surface area contributed by atoms with Crippen molar-refractivity contribution in [1.82, 2.24) is 4.90 Å².